The Kier molecular flexibility index (Phi) is 4.22. The SMILES string of the molecule is Cc1cc(Cl)c(N2CC(=O)NC(C(C)(C)C)C2=O)cc1Cl. The van der Waals surface area contributed by atoms with Gasteiger partial charge in [0.15, 0.2) is 0 Å². The van der Waals surface area contributed by atoms with Crippen molar-refractivity contribution in [2.24, 2.45) is 5.41 Å². The Morgan fingerprint density at radius 2 is 1.81 bits per heavy atom. The van der Waals surface area contributed by atoms with Gasteiger partial charge in [-0.05, 0) is 30.0 Å². The van der Waals surface area contributed by atoms with Crippen molar-refractivity contribution in [3.05, 3.63) is 27.7 Å². The van der Waals surface area contributed by atoms with Crippen molar-refractivity contribution in [2.45, 2.75) is 33.7 Å². The highest BCUT2D eigenvalue weighted by molar-refractivity contribution is 6.36. The van der Waals surface area contributed by atoms with Gasteiger partial charge in [0.05, 0.1) is 10.7 Å². The van der Waals surface area contributed by atoms with Crippen LogP contribution in [-0.2, 0) is 9.59 Å². The fourth-order valence-corrected chi connectivity index (χ4v) is 2.76. The maximum absolute atomic E-state index is 12.7. The van der Waals surface area contributed by atoms with E-state index in [1.807, 2.05) is 27.7 Å². The van der Waals surface area contributed by atoms with E-state index in [9.17, 15) is 9.59 Å². The highest BCUT2D eigenvalue weighted by atomic mass is 35.5. The molecule has 0 bridgehead atoms. The highest BCUT2D eigenvalue weighted by Crippen LogP contribution is 2.34. The molecule has 2 amide bonds. The van der Waals surface area contributed by atoms with Crippen LogP contribution in [0.1, 0.15) is 26.3 Å². The first-order chi connectivity index (χ1) is 9.61. The van der Waals surface area contributed by atoms with Crippen LogP contribution < -0.4 is 10.2 Å². The molecule has 6 heteroatoms. The van der Waals surface area contributed by atoms with E-state index < -0.39 is 6.04 Å². The lowest BCUT2D eigenvalue weighted by Crippen LogP contribution is -2.62. The van der Waals surface area contributed by atoms with Crippen LogP contribution in [0.3, 0.4) is 0 Å². The van der Waals surface area contributed by atoms with Crippen LogP contribution in [0.25, 0.3) is 0 Å². The molecule has 1 aromatic rings. The first-order valence-corrected chi connectivity index (χ1v) is 7.43. The summed E-state index contributed by atoms with van der Waals surface area (Å²) < 4.78 is 0. The molecule has 4 nitrogen and oxygen atoms in total. The van der Waals surface area contributed by atoms with Crippen molar-refractivity contribution < 1.29 is 9.59 Å². The van der Waals surface area contributed by atoms with E-state index in [1.54, 1.807) is 12.1 Å². The molecular weight excluding hydrogens is 311 g/mol. The molecule has 1 aromatic carbocycles. The molecular formula is C15H18Cl2N2O2. The third-order valence-corrected chi connectivity index (χ3v) is 4.21. The van der Waals surface area contributed by atoms with Crippen molar-refractivity contribution in [3.63, 3.8) is 0 Å². The Labute approximate surface area is 134 Å². The number of aryl methyl sites for hydroxylation is 1. The molecule has 1 aliphatic rings. The molecule has 0 radical (unpaired) electrons. The van der Waals surface area contributed by atoms with E-state index in [4.69, 9.17) is 23.2 Å². The molecule has 1 N–H and O–H groups in total. The van der Waals surface area contributed by atoms with Gasteiger partial charge in [0.1, 0.15) is 12.6 Å². The fraction of sp³-hybridized carbons (Fsp3) is 0.467. The third kappa shape index (κ3) is 3.16. The van der Waals surface area contributed by atoms with E-state index in [0.717, 1.165) is 5.56 Å². The lowest BCUT2D eigenvalue weighted by Gasteiger charge is -2.39. The summed E-state index contributed by atoms with van der Waals surface area (Å²) in [4.78, 5) is 26.0. The van der Waals surface area contributed by atoms with Crippen LogP contribution in [0.4, 0.5) is 5.69 Å². The Morgan fingerprint density at radius 3 is 2.38 bits per heavy atom. The number of halogens is 2. The number of nitrogens with one attached hydrogen (secondary N) is 1. The number of carbonyl (C=O) groups is 2. The summed E-state index contributed by atoms with van der Waals surface area (Å²) in [6.07, 6.45) is 0. The number of anilines is 1. The standard InChI is InChI=1S/C15H18Cl2N2O2/c1-8-5-10(17)11(6-9(8)16)19-7-12(20)18-13(14(19)21)15(2,3)4/h5-6,13H,7H2,1-4H3,(H,18,20). The van der Waals surface area contributed by atoms with Crippen molar-refractivity contribution in [1.29, 1.82) is 0 Å². The quantitative estimate of drug-likeness (QED) is 0.860. The minimum Gasteiger partial charge on any atom is -0.342 e. The molecule has 1 unspecified atom stereocenters. The summed E-state index contributed by atoms with van der Waals surface area (Å²) in [6, 6.07) is 2.75. The van der Waals surface area contributed by atoms with Gasteiger partial charge in [-0.2, -0.15) is 0 Å². The van der Waals surface area contributed by atoms with Gasteiger partial charge >= 0.3 is 0 Å². The maximum Gasteiger partial charge on any atom is 0.250 e. The number of rotatable bonds is 1. The Morgan fingerprint density at radius 1 is 1.19 bits per heavy atom. The molecule has 0 spiro atoms. The Hall–Kier alpha value is -1.26. The summed E-state index contributed by atoms with van der Waals surface area (Å²) >= 11 is 12.3. The van der Waals surface area contributed by atoms with Crippen molar-refractivity contribution in [1.82, 2.24) is 5.32 Å². The lowest BCUT2D eigenvalue weighted by atomic mass is 9.84. The van der Waals surface area contributed by atoms with E-state index in [2.05, 4.69) is 5.32 Å². The van der Waals surface area contributed by atoms with E-state index >= 15 is 0 Å². The number of amides is 2. The van der Waals surface area contributed by atoms with Crippen molar-refractivity contribution >= 4 is 40.7 Å². The molecule has 114 valence electrons. The van der Waals surface area contributed by atoms with Gasteiger partial charge < -0.3 is 5.32 Å². The molecule has 1 fully saturated rings. The number of hydrogen-bond acceptors (Lipinski definition) is 2. The number of carbonyl (C=O) groups excluding carboxylic acids is 2. The predicted octanol–water partition coefficient (Wildman–Crippen LogP) is 3.18. The van der Waals surface area contributed by atoms with Gasteiger partial charge in [0, 0.05) is 5.02 Å². The average molecular weight is 329 g/mol. The number of nitrogens with zero attached hydrogens (tertiary/aromatic N) is 1. The lowest BCUT2D eigenvalue weighted by molar-refractivity contribution is -0.133. The summed E-state index contributed by atoms with van der Waals surface area (Å²) in [5.41, 5.74) is 0.917. The van der Waals surface area contributed by atoms with Crippen molar-refractivity contribution in [2.75, 3.05) is 11.4 Å². The zero-order valence-electron chi connectivity index (χ0n) is 12.5. The summed E-state index contributed by atoms with van der Waals surface area (Å²) in [5, 5.41) is 3.67. The van der Waals surface area contributed by atoms with Crippen LogP contribution in [0.2, 0.25) is 10.0 Å². The van der Waals surface area contributed by atoms with Crippen LogP contribution in [0, 0.1) is 12.3 Å². The second kappa shape index (κ2) is 5.50. The molecule has 1 heterocycles. The van der Waals surface area contributed by atoms with E-state index in [0.29, 0.717) is 15.7 Å². The monoisotopic (exact) mass is 328 g/mol. The van der Waals surface area contributed by atoms with Gasteiger partial charge in [-0.3, -0.25) is 14.5 Å². The van der Waals surface area contributed by atoms with Crippen LogP contribution in [-0.4, -0.2) is 24.4 Å². The van der Waals surface area contributed by atoms with Crippen LogP contribution in [0.15, 0.2) is 12.1 Å². The minimum absolute atomic E-state index is 0.0511. The van der Waals surface area contributed by atoms with Gasteiger partial charge in [0.2, 0.25) is 5.91 Å². The Bertz CT molecular complexity index is 608. The summed E-state index contributed by atoms with van der Waals surface area (Å²) in [6.45, 7) is 7.50. The molecule has 0 aromatic heterocycles. The molecule has 0 aliphatic carbocycles. The first kappa shape index (κ1) is 16.1. The van der Waals surface area contributed by atoms with Gasteiger partial charge in [-0.25, -0.2) is 0 Å². The molecule has 2 rings (SSSR count). The topological polar surface area (TPSA) is 49.4 Å². The zero-order chi connectivity index (χ0) is 15.9. The third-order valence-electron chi connectivity index (χ3n) is 3.50. The number of benzene rings is 1. The van der Waals surface area contributed by atoms with E-state index in [1.165, 1.54) is 4.90 Å². The smallest absolute Gasteiger partial charge is 0.250 e. The van der Waals surface area contributed by atoms with Gasteiger partial charge in [0.25, 0.3) is 5.91 Å². The maximum atomic E-state index is 12.7. The van der Waals surface area contributed by atoms with Gasteiger partial charge in [-0.15, -0.1) is 0 Å². The van der Waals surface area contributed by atoms with Gasteiger partial charge in [-0.1, -0.05) is 44.0 Å². The zero-order valence-corrected chi connectivity index (χ0v) is 14.0. The van der Waals surface area contributed by atoms with Crippen LogP contribution >= 0.6 is 23.2 Å². The van der Waals surface area contributed by atoms with Crippen molar-refractivity contribution in [3.8, 4) is 0 Å². The largest absolute Gasteiger partial charge is 0.342 e. The number of piperazine rings is 1. The summed E-state index contributed by atoms with van der Waals surface area (Å²) in [7, 11) is 0. The molecule has 1 saturated heterocycles. The fourth-order valence-electron chi connectivity index (χ4n) is 2.28. The second-order valence-electron chi connectivity index (χ2n) is 6.34. The predicted molar refractivity (Wildman–Crippen MR) is 84.9 cm³/mol. The van der Waals surface area contributed by atoms with E-state index in [-0.39, 0.29) is 23.8 Å². The molecule has 1 atom stereocenters. The normalized spacial score (nSPS) is 19.7. The second-order valence-corrected chi connectivity index (χ2v) is 7.16. The molecule has 21 heavy (non-hydrogen) atoms. The number of hydrogen-bond donors (Lipinski definition) is 1. The summed E-state index contributed by atoms with van der Waals surface area (Å²) in [5.74, 6) is -0.383. The Balaban J connectivity index is 2.45. The highest BCUT2D eigenvalue weighted by Gasteiger charge is 2.41. The minimum atomic E-state index is -0.588. The average Bonchev–Trinajstić information content (AvgIpc) is 2.35. The molecule has 1 aliphatic heterocycles. The van der Waals surface area contributed by atoms with Crippen LogP contribution in [0.5, 0.6) is 0 Å². The first-order valence-electron chi connectivity index (χ1n) is 6.67. The molecule has 0 saturated carbocycles.